The molecule has 2 atom stereocenters. The van der Waals surface area contributed by atoms with Gasteiger partial charge in [-0.05, 0) is 37.0 Å². The number of benzene rings is 1. The van der Waals surface area contributed by atoms with Crippen molar-refractivity contribution in [2.75, 3.05) is 5.88 Å². The largest absolute Gasteiger partial charge is 0.242 e. The summed E-state index contributed by atoms with van der Waals surface area (Å²) in [5.41, 5.74) is -0.575. The van der Waals surface area contributed by atoms with E-state index in [0.29, 0.717) is 5.92 Å². The summed E-state index contributed by atoms with van der Waals surface area (Å²) in [4.78, 5) is 0.0927. The van der Waals surface area contributed by atoms with Gasteiger partial charge in [-0.15, -0.1) is 11.6 Å². The van der Waals surface area contributed by atoms with Gasteiger partial charge in [-0.2, -0.15) is 0 Å². The highest BCUT2D eigenvalue weighted by Gasteiger charge is 2.38. The van der Waals surface area contributed by atoms with Crippen LogP contribution in [0.1, 0.15) is 32.6 Å². The van der Waals surface area contributed by atoms with Crippen molar-refractivity contribution in [2.24, 2.45) is 5.92 Å². The van der Waals surface area contributed by atoms with E-state index < -0.39 is 15.6 Å². The Kier molecular flexibility index (Phi) is 5.64. The molecule has 1 aromatic carbocycles. The molecule has 7 heteroatoms. The number of halogens is 3. The quantitative estimate of drug-likeness (QED) is 0.733. The molecule has 0 aromatic heterocycles. The van der Waals surface area contributed by atoms with Crippen LogP contribution in [0, 0.1) is 5.92 Å². The molecular formula is C14H18BrCl2NO2S. The summed E-state index contributed by atoms with van der Waals surface area (Å²) < 4.78 is 28.8. The van der Waals surface area contributed by atoms with Crippen LogP contribution in [-0.2, 0) is 10.0 Å². The maximum atomic E-state index is 12.6. The van der Waals surface area contributed by atoms with Crippen molar-refractivity contribution in [3.63, 3.8) is 0 Å². The first-order chi connectivity index (χ1) is 9.78. The zero-order chi connectivity index (χ0) is 15.7. The van der Waals surface area contributed by atoms with E-state index in [1.165, 1.54) is 6.07 Å². The van der Waals surface area contributed by atoms with Gasteiger partial charge >= 0.3 is 0 Å². The third kappa shape index (κ3) is 4.14. The number of alkyl halides is 1. The van der Waals surface area contributed by atoms with Crippen molar-refractivity contribution in [3.8, 4) is 0 Å². The van der Waals surface area contributed by atoms with Crippen molar-refractivity contribution in [3.05, 3.63) is 27.7 Å². The Morgan fingerprint density at radius 2 is 2.19 bits per heavy atom. The normalized spacial score (nSPS) is 26.8. The van der Waals surface area contributed by atoms with Gasteiger partial charge in [-0.3, -0.25) is 0 Å². The third-order valence-corrected chi connectivity index (χ3v) is 6.95. The molecule has 1 saturated carbocycles. The van der Waals surface area contributed by atoms with Gasteiger partial charge in [-0.1, -0.05) is 47.3 Å². The molecule has 0 bridgehead atoms. The standard InChI is InChI=1S/C14H18BrCl2NO2S/c1-10-3-2-6-14(8-10,9-16)18-21(19,20)13-5-4-11(15)7-12(13)17/h4-5,7,10,18H,2-3,6,8-9H2,1H3. The molecule has 118 valence electrons. The smallest absolute Gasteiger partial charge is 0.207 e. The zero-order valence-electron chi connectivity index (χ0n) is 11.7. The van der Waals surface area contributed by atoms with Gasteiger partial charge in [0.05, 0.1) is 5.02 Å². The summed E-state index contributed by atoms with van der Waals surface area (Å²) >= 11 is 15.4. The van der Waals surface area contributed by atoms with Crippen molar-refractivity contribution in [1.29, 1.82) is 0 Å². The molecule has 1 aliphatic rings. The molecule has 1 aliphatic carbocycles. The van der Waals surface area contributed by atoms with Crippen molar-refractivity contribution < 1.29 is 8.42 Å². The molecule has 3 nitrogen and oxygen atoms in total. The third-order valence-electron chi connectivity index (χ3n) is 3.88. The Morgan fingerprint density at radius 3 is 2.76 bits per heavy atom. The Hall–Kier alpha value is 0.190. The predicted molar refractivity (Wildman–Crippen MR) is 90.6 cm³/mol. The second-order valence-electron chi connectivity index (χ2n) is 5.80. The fourth-order valence-electron chi connectivity index (χ4n) is 2.93. The van der Waals surface area contributed by atoms with Crippen molar-refractivity contribution >= 4 is 49.2 Å². The molecule has 1 fully saturated rings. The lowest BCUT2D eigenvalue weighted by atomic mass is 9.78. The minimum Gasteiger partial charge on any atom is -0.207 e. The van der Waals surface area contributed by atoms with Gasteiger partial charge in [0.1, 0.15) is 4.90 Å². The Morgan fingerprint density at radius 1 is 1.48 bits per heavy atom. The van der Waals surface area contributed by atoms with E-state index in [-0.39, 0.29) is 15.8 Å². The summed E-state index contributed by atoms with van der Waals surface area (Å²) in [6.45, 7) is 2.13. The van der Waals surface area contributed by atoms with E-state index in [4.69, 9.17) is 23.2 Å². The van der Waals surface area contributed by atoms with Gasteiger partial charge in [0.15, 0.2) is 0 Å². The first kappa shape index (κ1) is 17.5. The van der Waals surface area contributed by atoms with E-state index in [9.17, 15) is 8.42 Å². The first-order valence-electron chi connectivity index (χ1n) is 6.83. The topological polar surface area (TPSA) is 46.2 Å². The monoisotopic (exact) mass is 413 g/mol. The SMILES string of the molecule is CC1CCCC(CCl)(NS(=O)(=O)c2ccc(Br)cc2Cl)C1. The minimum absolute atomic E-state index is 0.0927. The highest BCUT2D eigenvalue weighted by molar-refractivity contribution is 9.10. The summed E-state index contributed by atoms with van der Waals surface area (Å²) in [5.74, 6) is 0.727. The lowest BCUT2D eigenvalue weighted by molar-refractivity contribution is 0.239. The molecule has 1 aromatic rings. The van der Waals surface area contributed by atoms with Crippen LogP contribution < -0.4 is 4.72 Å². The summed E-state index contributed by atoms with van der Waals surface area (Å²) in [5, 5.41) is 0.199. The average Bonchev–Trinajstić information content (AvgIpc) is 2.37. The van der Waals surface area contributed by atoms with Crippen LogP contribution in [0.2, 0.25) is 5.02 Å². The van der Waals surface area contributed by atoms with Crippen LogP contribution in [-0.4, -0.2) is 19.8 Å². The molecule has 2 unspecified atom stereocenters. The molecular weight excluding hydrogens is 397 g/mol. The fourth-order valence-corrected chi connectivity index (χ4v) is 5.80. The lowest BCUT2D eigenvalue weighted by Gasteiger charge is -2.39. The Balaban J connectivity index is 2.31. The van der Waals surface area contributed by atoms with Crippen LogP contribution in [0.5, 0.6) is 0 Å². The minimum atomic E-state index is -3.69. The number of rotatable bonds is 4. The highest BCUT2D eigenvalue weighted by atomic mass is 79.9. The average molecular weight is 415 g/mol. The first-order valence-corrected chi connectivity index (χ1v) is 10.0. The molecule has 0 heterocycles. The van der Waals surface area contributed by atoms with Gasteiger partial charge < -0.3 is 0 Å². The lowest BCUT2D eigenvalue weighted by Crippen LogP contribution is -2.52. The van der Waals surface area contributed by atoms with Crippen molar-refractivity contribution in [2.45, 2.75) is 43.0 Å². The molecule has 0 amide bonds. The second kappa shape index (κ2) is 6.75. The van der Waals surface area contributed by atoms with E-state index in [1.807, 2.05) is 0 Å². The Labute approximate surface area is 144 Å². The summed E-state index contributed by atoms with van der Waals surface area (Å²) in [7, 11) is -3.69. The van der Waals surface area contributed by atoms with Crippen LogP contribution >= 0.6 is 39.1 Å². The molecule has 1 N–H and O–H groups in total. The van der Waals surface area contributed by atoms with Crippen LogP contribution in [0.3, 0.4) is 0 Å². The Bertz CT molecular complexity index is 623. The van der Waals surface area contributed by atoms with Gasteiger partial charge in [0, 0.05) is 15.9 Å². The molecule has 2 rings (SSSR count). The fraction of sp³-hybridized carbons (Fsp3) is 0.571. The van der Waals surface area contributed by atoms with Gasteiger partial charge in [0.2, 0.25) is 10.0 Å². The number of nitrogens with one attached hydrogen (secondary N) is 1. The maximum Gasteiger partial charge on any atom is 0.242 e. The predicted octanol–water partition coefficient (Wildman–Crippen LogP) is 4.57. The van der Waals surface area contributed by atoms with E-state index >= 15 is 0 Å². The van der Waals surface area contributed by atoms with E-state index in [2.05, 4.69) is 27.6 Å². The zero-order valence-corrected chi connectivity index (χ0v) is 15.6. The van der Waals surface area contributed by atoms with Crippen LogP contribution in [0.4, 0.5) is 0 Å². The van der Waals surface area contributed by atoms with Crippen molar-refractivity contribution in [1.82, 2.24) is 4.72 Å². The number of sulfonamides is 1. The number of hydrogen-bond donors (Lipinski definition) is 1. The molecule has 0 spiro atoms. The van der Waals surface area contributed by atoms with E-state index in [0.717, 1.165) is 30.2 Å². The van der Waals surface area contributed by atoms with Gasteiger partial charge in [-0.25, -0.2) is 13.1 Å². The second-order valence-corrected chi connectivity index (χ2v) is 9.04. The molecule has 21 heavy (non-hydrogen) atoms. The highest BCUT2D eigenvalue weighted by Crippen LogP contribution is 2.35. The molecule has 0 aliphatic heterocycles. The number of hydrogen-bond acceptors (Lipinski definition) is 2. The summed E-state index contributed by atoms with van der Waals surface area (Å²) in [6.07, 6.45) is 3.60. The van der Waals surface area contributed by atoms with Crippen LogP contribution in [0.25, 0.3) is 0 Å². The maximum absolute atomic E-state index is 12.6. The molecule has 0 saturated heterocycles. The van der Waals surface area contributed by atoms with Gasteiger partial charge in [0.25, 0.3) is 0 Å². The summed E-state index contributed by atoms with van der Waals surface area (Å²) in [6, 6.07) is 4.74. The van der Waals surface area contributed by atoms with E-state index in [1.54, 1.807) is 12.1 Å². The molecule has 0 radical (unpaired) electrons. The van der Waals surface area contributed by atoms with Crippen LogP contribution in [0.15, 0.2) is 27.6 Å².